The van der Waals surface area contributed by atoms with Gasteiger partial charge in [0.2, 0.25) is 0 Å². The third-order valence-corrected chi connectivity index (χ3v) is 6.05. The number of hydrogen-bond acceptors (Lipinski definition) is 2. The topological polar surface area (TPSA) is 46.5 Å². The first-order chi connectivity index (χ1) is 9.91. The van der Waals surface area contributed by atoms with Gasteiger partial charge in [-0.25, -0.2) is 0 Å². The minimum absolute atomic E-state index is 0.0481. The molecule has 3 atom stereocenters. The molecule has 0 heterocycles. The molecule has 0 bridgehead atoms. The number of benzene rings is 1. The number of aliphatic carboxylic acids is 1. The molecule has 1 N–H and O–H groups in total. The molecule has 0 saturated heterocycles. The normalized spacial score (nSPS) is 34.7. The Morgan fingerprint density at radius 3 is 2.76 bits per heavy atom. The lowest BCUT2D eigenvalue weighted by atomic mass is 9.50. The molecule has 21 heavy (non-hydrogen) atoms. The Balaban J connectivity index is 2.12. The lowest BCUT2D eigenvalue weighted by Crippen LogP contribution is -2.52. The summed E-state index contributed by atoms with van der Waals surface area (Å²) in [6, 6.07) is 6.30. The van der Waals surface area contributed by atoms with E-state index >= 15 is 0 Å². The molecule has 2 aliphatic rings. The fourth-order valence-corrected chi connectivity index (χ4v) is 4.82. The van der Waals surface area contributed by atoms with Crippen LogP contribution in [0.4, 0.5) is 0 Å². The minimum Gasteiger partial charge on any atom is -0.497 e. The van der Waals surface area contributed by atoms with E-state index in [4.69, 9.17) is 4.74 Å². The third kappa shape index (κ3) is 1.97. The molecule has 0 amide bonds. The maximum atomic E-state index is 11.9. The van der Waals surface area contributed by atoms with Crippen molar-refractivity contribution in [3.8, 4) is 5.75 Å². The van der Waals surface area contributed by atoms with Gasteiger partial charge >= 0.3 is 5.97 Å². The molecule has 3 rings (SSSR count). The quantitative estimate of drug-likeness (QED) is 0.900. The number of aryl methyl sites for hydroxylation is 1. The summed E-state index contributed by atoms with van der Waals surface area (Å²) in [5, 5.41) is 9.77. The maximum absolute atomic E-state index is 11.9. The monoisotopic (exact) mass is 288 g/mol. The van der Waals surface area contributed by atoms with E-state index < -0.39 is 11.4 Å². The minimum atomic E-state index is -0.634. The lowest BCUT2D eigenvalue weighted by Gasteiger charge is -2.53. The Morgan fingerprint density at radius 2 is 2.10 bits per heavy atom. The van der Waals surface area contributed by atoms with Crippen LogP contribution < -0.4 is 4.74 Å². The van der Waals surface area contributed by atoms with Crippen molar-refractivity contribution >= 4 is 5.97 Å². The maximum Gasteiger partial charge on any atom is 0.309 e. The van der Waals surface area contributed by atoms with Crippen LogP contribution in [0.2, 0.25) is 0 Å². The highest BCUT2D eigenvalue weighted by molar-refractivity contribution is 5.75. The fraction of sp³-hybridized carbons (Fsp3) is 0.611. The van der Waals surface area contributed by atoms with Crippen molar-refractivity contribution < 1.29 is 14.6 Å². The summed E-state index contributed by atoms with van der Waals surface area (Å²) in [7, 11) is 1.69. The Hall–Kier alpha value is -1.51. The highest BCUT2D eigenvalue weighted by atomic mass is 16.5. The average molecular weight is 288 g/mol. The van der Waals surface area contributed by atoms with Crippen molar-refractivity contribution in [1.29, 1.82) is 0 Å². The summed E-state index contributed by atoms with van der Waals surface area (Å²) in [6.07, 6.45) is 4.79. The molecule has 0 aliphatic heterocycles. The second-order valence-corrected chi connectivity index (χ2v) is 7.11. The molecule has 1 aromatic rings. The lowest BCUT2D eigenvalue weighted by molar-refractivity contribution is -0.157. The van der Waals surface area contributed by atoms with E-state index in [9.17, 15) is 9.90 Å². The van der Waals surface area contributed by atoms with Crippen LogP contribution in [0.1, 0.15) is 50.7 Å². The summed E-state index contributed by atoms with van der Waals surface area (Å²) in [6.45, 7) is 4.21. The Labute approximate surface area is 126 Å². The molecule has 114 valence electrons. The molecule has 2 unspecified atom stereocenters. The molecule has 0 spiro atoms. The third-order valence-electron chi connectivity index (χ3n) is 6.05. The fourth-order valence-electron chi connectivity index (χ4n) is 4.82. The van der Waals surface area contributed by atoms with Gasteiger partial charge in [0.25, 0.3) is 0 Å². The molecule has 2 aliphatic carbocycles. The molecule has 0 radical (unpaired) electrons. The number of methoxy groups -OCH3 is 1. The SMILES string of the molecule is COc1ccc2c(c1)C1(C)CCC[C@](C)(C(=O)O)C1CC2. The van der Waals surface area contributed by atoms with E-state index in [0.29, 0.717) is 0 Å². The Kier molecular flexibility index (Phi) is 3.27. The van der Waals surface area contributed by atoms with Gasteiger partial charge in [0.1, 0.15) is 5.75 Å². The van der Waals surface area contributed by atoms with Crippen molar-refractivity contribution in [3.05, 3.63) is 29.3 Å². The first-order valence-electron chi connectivity index (χ1n) is 7.82. The highest BCUT2D eigenvalue weighted by Gasteiger charge is 2.55. The predicted octanol–water partition coefficient (Wildman–Crippen LogP) is 3.79. The number of fused-ring (bicyclic) bond motifs is 3. The molecule has 1 aromatic carbocycles. The molecule has 3 nitrogen and oxygen atoms in total. The molecular weight excluding hydrogens is 264 g/mol. The first-order valence-corrected chi connectivity index (χ1v) is 7.82. The van der Waals surface area contributed by atoms with E-state index in [1.54, 1.807) is 7.11 Å². The predicted molar refractivity (Wildman–Crippen MR) is 81.8 cm³/mol. The summed E-state index contributed by atoms with van der Waals surface area (Å²) in [5.41, 5.74) is 2.02. The van der Waals surface area contributed by atoms with Gasteiger partial charge < -0.3 is 9.84 Å². The van der Waals surface area contributed by atoms with Crippen molar-refractivity contribution in [1.82, 2.24) is 0 Å². The number of hydrogen-bond donors (Lipinski definition) is 1. The van der Waals surface area contributed by atoms with Crippen molar-refractivity contribution in [3.63, 3.8) is 0 Å². The van der Waals surface area contributed by atoms with Crippen molar-refractivity contribution in [2.45, 2.75) is 51.4 Å². The van der Waals surface area contributed by atoms with E-state index in [1.165, 1.54) is 11.1 Å². The molecular formula is C18H24O3. The molecule has 1 saturated carbocycles. The van der Waals surface area contributed by atoms with Crippen molar-refractivity contribution in [2.75, 3.05) is 7.11 Å². The second-order valence-electron chi connectivity index (χ2n) is 7.11. The van der Waals surface area contributed by atoms with Crippen LogP contribution in [0.25, 0.3) is 0 Å². The standard InChI is InChI=1S/C18H24O3/c1-17-9-4-10-18(2,16(19)20)15(17)8-6-12-5-7-13(21-3)11-14(12)17/h5,7,11,15H,4,6,8-10H2,1-3H3,(H,19,20)/t15?,17?,18-/m0/s1. The molecule has 1 fully saturated rings. The zero-order valence-electron chi connectivity index (χ0n) is 13.1. The highest BCUT2D eigenvalue weighted by Crippen LogP contribution is 2.57. The molecule has 3 heteroatoms. The van der Waals surface area contributed by atoms with Gasteiger partial charge in [-0.15, -0.1) is 0 Å². The van der Waals surface area contributed by atoms with Gasteiger partial charge in [-0.05, 0) is 67.2 Å². The van der Waals surface area contributed by atoms with E-state index in [2.05, 4.69) is 19.1 Å². The van der Waals surface area contributed by atoms with E-state index in [-0.39, 0.29) is 11.3 Å². The smallest absolute Gasteiger partial charge is 0.309 e. The Bertz CT molecular complexity index is 580. The first kappa shape index (κ1) is 14.4. The largest absolute Gasteiger partial charge is 0.497 e. The van der Waals surface area contributed by atoms with Crippen LogP contribution in [0, 0.1) is 11.3 Å². The van der Waals surface area contributed by atoms with Gasteiger partial charge in [0, 0.05) is 0 Å². The average Bonchev–Trinajstić information content (AvgIpc) is 2.46. The van der Waals surface area contributed by atoms with Gasteiger partial charge in [-0.3, -0.25) is 4.79 Å². The van der Waals surface area contributed by atoms with Gasteiger partial charge in [-0.2, -0.15) is 0 Å². The number of carboxylic acids is 1. The van der Waals surface area contributed by atoms with Gasteiger partial charge in [0.15, 0.2) is 0 Å². The van der Waals surface area contributed by atoms with Gasteiger partial charge in [-0.1, -0.05) is 19.4 Å². The summed E-state index contributed by atoms with van der Waals surface area (Å²) >= 11 is 0. The summed E-state index contributed by atoms with van der Waals surface area (Å²) in [5.74, 6) is 0.443. The number of carbonyl (C=O) groups is 1. The number of carboxylic acid groups (broad SMARTS) is 1. The zero-order chi connectivity index (χ0) is 15.3. The second kappa shape index (κ2) is 4.75. The zero-order valence-corrected chi connectivity index (χ0v) is 13.1. The van der Waals surface area contributed by atoms with Crippen LogP contribution in [-0.2, 0) is 16.6 Å². The van der Waals surface area contributed by atoms with Crippen LogP contribution in [0.3, 0.4) is 0 Å². The van der Waals surface area contributed by atoms with Crippen LogP contribution >= 0.6 is 0 Å². The van der Waals surface area contributed by atoms with Crippen molar-refractivity contribution in [2.24, 2.45) is 11.3 Å². The number of ether oxygens (including phenoxy) is 1. The Morgan fingerprint density at radius 1 is 1.33 bits per heavy atom. The van der Waals surface area contributed by atoms with E-state index in [1.807, 2.05) is 13.0 Å². The summed E-state index contributed by atoms with van der Waals surface area (Å²) in [4.78, 5) is 11.9. The van der Waals surface area contributed by atoms with Gasteiger partial charge in [0.05, 0.1) is 12.5 Å². The van der Waals surface area contributed by atoms with Crippen LogP contribution in [0.5, 0.6) is 5.75 Å². The molecule has 0 aromatic heterocycles. The van der Waals surface area contributed by atoms with Crippen LogP contribution in [-0.4, -0.2) is 18.2 Å². The van der Waals surface area contributed by atoms with Crippen LogP contribution in [0.15, 0.2) is 18.2 Å². The summed E-state index contributed by atoms with van der Waals surface area (Å²) < 4.78 is 5.39. The number of rotatable bonds is 2. The van der Waals surface area contributed by atoms with E-state index in [0.717, 1.165) is 37.9 Å².